The van der Waals surface area contributed by atoms with Crippen LogP contribution in [0.1, 0.15) is 44.8 Å². The van der Waals surface area contributed by atoms with Crippen LogP contribution in [0.4, 0.5) is 4.39 Å². The molecule has 0 bridgehead atoms. The number of hydrogen-bond acceptors (Lipinski definition) is 1. The monoisotopic (exact) mass is 244 g/mol. The highest BCUT2D eigenvalue weighted by Crippen LogP contribution is 2.25. The molecule has 3 heteroatoms. The van der Waals surface area contributed by atoms with Gasteiger partial charge in [0.05, 0.1) is 6.10 Å². The molecule has 1 rings (SSSR count). The van der Waals surface area contributed by atoms with Crippen LogP contribution in [0.15, 0.2) is 18.2 Å². The molecule has 16 heavy (non-hydrogen) atoms. The van der Waals surface area contributed by atoms with Gasteiger partial charge in [-0.15, -0.1) is 0 Å². The van der Waals surface area contributed by atoms with Crippen molar-refractivity contribution in [2.24, 2.45) is 5.92 Å². The zero-order chi connectivity index (χ0) is 12.1. The molecule has 1 nitrogen and oxygen atoms in total. The molecule has 0 spiro atoms. The summed E-state index contributed by atoms with van der Waals surface area (Å²) in [4.78, 5) is 0. The molecule has 1 N–H and O–H groups in total. The summed E-state index contributed by atoms with van der Waals surface area (Å²) in [5.74, 6) is 0.220. The fraction of sp³-hybridized carbons (Fsp3) is 0.538. The van der Waals surface area contributed by atoms with Crippen LogP contribution in [-0.2, 0) is 0 Å². The molecule has 0 aliphatic heterocycles. The van der Waals surface area contributed by atoms with Gasteiger partial charge in [0, 0.05) is 10.6 Å². The average molecular weight is 245 g/mol. The Bertz CT molecular complexity index is 339. The quantitative estimate of drug-likeness (QED) is 0.817. The lowest BCUT2D eigenvalue weighted by Gasteiger charge is -2.13. The van der Waals surface area contributed by atoms with E-state index in [9.17, 15) is 9.50 Å². The zero-order valence-corrected chi connectivity index (χ0v) is 10.5. The molecule has 90 valence electrons. The van der Waals surface area contributed by atoms with E-state index in [-0.39, 0.29) is 5.82 Å². The van der Waals surface area contributed by atoms with Crippen LogP contribution in [0.3, 0.4) is 0 Å². The van der Waals surface area contributed by atoms with Gasteiger partial charge in [0.15, 0.2) is 0 Å². The molecule has 1 unspecified atom stereocenters. The van der Waals surface area contributed by atoms with Crippen molar-refractivity contribution < 1.29 is 9.50 Å². The fourth-order valence-corrected chi connectivity index (χ4v) is 1.83. The first-order valence-corrected chi connectivity index (χ1v) is 6.01. The Morgan fingerprint density at radius 3 is 2.62 bits per heavy atom. The molecule has 1 atom stereocenters. The maximum atomic E-state index is 13.4. The summed E-state index contributed by atoms with van der Waals surface area (Å²) < 4.78 is 13.4. The highest BCUT2D eigenvalue weighted by molar-refractivity contribution is 6.30. The van der Waals surface area contributed by atoms with E-state index in [4.69, 9.17) is 11.6 Å². The highest BCUT2D eigenvalue weighted by atomic mass is 35.5. The van der Waals surface area contributed by atoms with Gasteiger partial charge in [0.2, 0.25) is 0 Å². The van der Waals surface area contributed by atoms with Crippen LogP contribution in [0.2, 0.25) is 5.02 Å². The van der Waals surface area contributed by atoms with Gasteiger partial charge in [-0.05, 0) is 30.5 Å². The van der Waals surface area contributed by atoms with Gasteiger partial charge in [-0.25, -0.2) is 4.39 Å². The van der Waals surface area contributed by atoms with Crippen molar-refractivity contribution in [3.63, 3.8) is 0 Å². The minimum absolute atomic E-state index is 0.302. The maximum absolute atomic E-state index is 13.4. The summed E-state index contributed by atoms with van der Waals surface area (Å²) in [7, 11) is 0. The second-order valence-corrected chi connectivity index (χ2v) is 4.94. The minimum Gasteiger partial charge on any atom is -0.388 e. The van der Waals surface area contributed by atoms with Crippen molar-refractivity contribution in [3.8, 4) is 0 Å². The first-order valence-electron chi connectivity index (χ1n) is 5.63. The van der Waals surface area contributed by atoms with Gasteiger partial charge in [-0.1, -0.05) is 38.3 Å². The van der Waals surface area contributed by atoms with E-state index >= 15 is 0 Å². The van der Waals surface area contributed by atoms with E-state index in [1.54, 1.807) is 0 Å². The Hall–Kier alpha value is -0.600. The third-order valence-electron chi connectivity index (χ3n) is 2.58. The van der Waals surface area contributed by atoms with E-state index in [1.807, 2.05) is 0 Å². The van der Waals surface area contributed by atoms with Crippen LogP contribution in [-0.4, -0.2) is 5.11 Å². The van der Waals surface area contributed by atoms with Gasteiger partial charge in [-0.2, -0.15) is 0 Å². The van der Waals surface area contributed by atoms with Gasteiger partial charge in [-0.3, -0.25) is 0 Å². The molecule has 1 aromatic rings. The van der Waals surface area contributed by atoms with E-state index in [2.05, 4.69) is 13.8 Å². The number of hydrogen-bond donors (Lipinski definition) is 1. The molecule has 0 aromatic heterocycles. The summed E-state index contributed by atoms with van der Waals surface area (Å²) in [5.41, 5.74) is 0.302. The van der Waals surface area contributed by atoms with Gasteiger partial charge in [0.25, 0.3) is 0 Å². The largest absolute Gasteiger partial charge is 0.388 e. The molecule has 0 saturated heterocycles. The summed E-state index contributed by atoms with van der Waals surface area (Å²) >= 11 is 5.77. The first kappa shape index (κ1) is 13.5. The van der Waals surface area contributed by atoms with Crippen molar-refractivity contribution in [2.45, 2.75) is 39.2 Å². The average Bonchev–Trinajstić information content (AvgIpc) is 2.21. The summed E-state index contributed by atoms with van der Waals surface area (Å²) in [6.45, 7) is 4.26. The first-order chi connectivity index (χ1) is 7.50. The molecule has 0 saturated carbocycles. The summed E-state index contributed by atoms with van der Waals surface area (Å²) in [6.07, 6.45) is 1.76. The van der Waals surface area contributed by atoms with Crippen LogP contribution >= 0.6 is 11.6 Å². The molecule has 0 aliphatic carbocycles. The summed E-state index contributed by atoms with van der Waals surface area (Å²) in [5, 5.41) is 10.3. The Kier molecular flexibility index (Phi) is 5.23. The number of benzene rings is 1. The van der Waals surface area contributed by atoms with Crippen molar-refractivity contribution in [3.05, 3.63) is 34.6 Å². The smallest absolute Gasteiger partial charge is 0.129 e. The van der Waals surface area contributed by atoms with Crippen LogP contribution in [0, 0.1) is 11.7 Å². The maximum Gasteiger partial charge on any atom is 0.129 e. The van der Waals surface area contributed by atoms with E-state index < -0.39 is 6.10 Å². The predicted octanol–water partition coefficient (Wildman–Crippen LogP) is 4.34. The lowest BCUT2D eigenvalue weighted by molar-refractivity contribution is 0.157. The van der Waals surface area contributed by atoms with Crippen LogP contribution in [0.25, 0.3) is 0 Å². The van der Waals surface area contributed by atoms with E-state index in [0.29, 0.717) is 22.9 Å². The second kappa shape index (κ2) is 6.21. The molecule has 1 aromatic carbocycles. The Morgan fingerprint density at radius 1 is 1.31 bits per heavy atom. The standard InChI is InChI=1S/C13H18ClFO/c1-9(2)4-3-5-13(16)11-8-10(14)6-7-12(11)15/h6-9,13,16H,3-5H2,1-2H3. The number of halogens is 2. The lowest BCUT2D eigenvalue weighted by atomic mass is 10.00. The fourth-order valence-electron chi connectivity index (χ4n) is 1.64. The Labute approximate surface area is 101 Å². The van der Waals surface area contributed by atoms with Crippen LogP contribution in [0.5, 0.6) is 0 Å². The van der Waals surface area contributed by atoms with Gasteiger partial charge in [0.1, 0.15) is 5.82 Å². The third-order valence-corrected chi connectivity index (χ3v) is 2.81. The summed E-state index contributed by atoms with van der Waals surface area (Å²) in [6, 6.07) is 4.28. The molecule has 0 fully saturated rings. The number of rotatable bonds is 5. The van der Waals surface area contributed by atoms with Crippen molar-refractivity contribution >= 4 is 11.6 Å². The predicted molar refractivity (Wildman–Crippen MR) is 65.1 cm³/mol. The van der Waals surface area contributed by atoms with Gasteiger partial charge >= 0.3 is 0 Å². The van der Waals surface area contributed by atoms with E-state index in [1.165, 1.54) is 18.2 Å². The number of aliphatic hydroxyl groups is 1. The SMILES string of the molecule is CC(C)CCCC(O)c1cc(Cl)ccc1F. The molecule has 0 radical (unpaired) electrons. The van der Waals surface area contributed by atoms with Crippen molar-refractivity contribution in [2.75, 3.05) is 0 Å². The van der Waals surface area contributed by atoms with Crippen molar-refractivity contribution in [1.82, 2.24) is 0 Å². The molecule has 0 aliphatic rings. The van der Waals surface area contributed by atoms with Gasteiger partial charge < -0.3 is 5.11 Å². The van der Waals surface area contributed by atoms with Crippen LogP contribution < -0.4 is 0 Å². The normalized spacial score (nSPS) is 13.1. The molecular weight excluding hydrogens is 227 g/mol. The molecule has 0 heterocycles. The molecule has 0 amide bonds. The third kappa shape index (κ3) is 4.11. The topological polar surface area (TPSA) is 20.2 Å². The lowest BCUT2D eigenvalue weighted by Crippen LogP contribution is -2.01. The highest BCUT2D eigenvalue weighted by Gasteiger charge is 2.13. The van der Waals surface area contributed by atoms with Crippen molar-refractivity contribution in [1.29, 1.82) is 0 Å². The zero-order valence-electron chi connectivity index (χ0n) is 9.71. The van der Waals surface area contributed by atoms with E-state index in [0.717, 1.165) is 12.8 Å². The Balaban J connectivity index is 2.58. The second-order valence-electron chi connectivity index (χ2n) is 4.51. The Morgan fingerprint density at radius 2 is 2.00 bits per heavy atom. The number of aliphatic hydroxyl groups excluding tert-OH is 1. The minimum atomic E-state index is -0.752. The molecular formula is C13H18ClFO.